The van der Waals surface area contributed by atoms with Crippen LogP contribution in [-0.2, 0) is 0 Å². The average molecular weight is 427 g/mol. The van der Waals surface area contributed by atoms with Gasteiger partial charge in [-0.15, -0.1) is 0 Å². The summed E-state index contributed by atoms with van der Waals surface area (Å²) < 4.78 is 1.85. The number of hydrogen-bond acceptors (Lipinski definition) is 4. The van der Waals surface area contributed by atoms with Crippen LogP contribution < -0.4 is 10.6 Å². The normalized spacial score (nSPS) is 10.5. The Labute approximate surface area is 155 Å². The van der Waals surface area contributed by atoms with E-state index < -0.39 is 0 Å². The van der Waals surface area contributed by atoms with Crippen LogP contribution in [0.25, 0.3) is 10.2 Å². The molecule has 1 aromatic heterocycles. The standard InChI is InChI=1S/C15H9BrClN3OS2/c16-9-6-4-8(5-7-9)13(21)19-14(22)20-15-18-12-10(17)2-1-3-11(12)23-15/h1-7H,(H2,18,19,20,21,22). The molecule has 3 rings (SSSR count). The molecule has 0 bridgehead atoms. The number of anilines is 1. The highest BCUT2D eigenvalue weighted by Crippen LogP contribution is 2.30. The molecule has 1 heterocycles. The van der Waals surface area contributed by atoms with Crippen LogP contribution in [0.4, 0.5) is 5.13 Å². The van der Waals surface area contributed by atoms with Crippen LogP contribution >= 0.6 is 51.1 Å². The number of para-hydroxylation sites is 1. The van der Waals surface area contributed by atoms with E-state index in [1.54, 1.807) is 30.3 Å². The van der Waals surface area contributed by atoms with Crippen molar-refractivity contribution in [2.45, 2.75) is 0 Å². The summed E-state index contributed by atoms with van der Waals surface area (Å²) in [4.78, 5) is 16.5. The molecule has 0 aliphatic heterocycles. The van der Waals surface area contributed by atoms with Crippen LogP contribution in [0.5, 0.6) is 0 Å². The molecule has 0 saturated heterocycles. The molecule has 0 aliphatic rings. The van der Waals surface area contributed by atoms with E-state index in [0.29, 0.717) is 21.2 Å². The summed E-state index contributed by atoms with van der Waals surface area (Å²) in [6, 6.07) is 12.6. The van der Waals surface area contributed by atoms with Crippen LogP contribution in [0.1, 0.15) is 10.4 Å². The summed E-state index contributed by atoms with van der Waals surface area (Å²) in [6.45, 7) is 0. The number of aromatic nitrogens is 1. The van der Waals surface area contributed by atoms with Gasteiger partial charge in [-0.1, -0.05) is 44.9 Å². The number of thiocarbonyl (C=S) groups is 1. The van der Waals surface area contributed by atoms with Crippen molar-refractivity contribution in [1.29, 1.82) is 0 Å². The van der Waals surface area contributed by atoms with Crippen molar-refractivity contribution < 1.29 is 4.79 Å². The van der Waals surface area contributed by atoms with Gasteiger partial charge in [-0.25, -0.2) is 4.98 Å². The SMILES string of the molecule is O=C(NC(=S)Nc1nc2c(Cl)cccc2s1)c1ccc(Br)cc1. The summed E-state index contributed by atoms with van der Waals surface area (Å²) in [5, 5.41) is 6.88. The van der Waals surface area contributed by atoms with Gasteiger partial charge < -0.3 is 5.32 Å². The Bertz CT molecular complexity index is 895. The maximum absolute atomic E-state index is 12.1. The topological polar surface area (TPSA) is 54.0 Å². The molecule has 1 amide bonds. The number of amides is 1. The minimum Gasteiger partial charge on any atom is -0.308 e. The molecule has 4 nitrogen and oxygen atoms in total. The van der Waals surface area contributed by atoms with Gasteiger partial charge in [0.2, 0.25) is 0 Å². The molecule has 0 unspecified atom stereocenters. The van der Waals surface area contributed by atoms with Crippen molar-refractivity contribution in [2.24, 2.45) is 0 Å². The molecule has 23 heavy (non-hydrogen) atoms. The number of carbonyl (C=O) groups is 1. The van der Waals surface area contributed by atoms with Gasteiger partial charge in [0.1, 0.15) is 5.52 Å². The number of nitrogens with one attached hydrogen (secondary N) is 2. The molecule has 116 valence electrons. The molecule has 0 saturated carbocycles. The first kappa shape index (κ1) is 16.3. The van der Waals surface area contributed by atoms with Crippen LogP contribution in [0, 0.1) is 0 Å². The number of thiazole rings is 1. The fourth-order valence-corrected chi connectivity index (χ4v) is 3.56. The lowest BCUT2D eigenvalue weighted by Gasteiger charge is -2.07. The van der Waals surface area contributed by atoms with Gasteiger partial charge in [0.05, 0.1) is 9.72 Å². The van der Waals surface area contributed by atoms with Crippen LogP contribution in [0.15, 0.2) is 46.9 Å². The predicted octanol–water partition coefficient (Wildman–Crippen LogP) is 4.84. The number of rotatable bonds is 2. The monoisotopic (exact) mass is 425 g/mol. The summed E-state index contributed by atoms with van der Waals surface area (Å²) in [5.41, 5.74) is 1.23. The number of benzene rings is 2. The first-order valence-corrected chi connectivity index (χ1v) is 8.85. The fraction of sp³-hybridized carbons (Fsp3) is 0. The second kappa shape index (κ2) is 6.92. The van der Waals surface area contributed by atoms with Crippen molar-refractivity contribution >= 4 is 77.5 Å². The zero-order valence-corrected chi connectivity index (χ0v) is 15.4. The molecule has 0 aliphatic carbocycles. The van der Waals surface area contributed by atoms with Gasteiger partial charge in [-0.2, -0.15) is 0 Å². The third-order valence-electron chi connectivity index (χ3n) is 2.92. The Hall–Kier alpha value is -1.54. The Morgan fingerprint density at radius 1 is 1.22 bits per heavy atom. The van der Waals surface area contributed by atoms with Crippen molar-refractivity contribution in [2.75, 3.05) is 5.32 Å². The second-order valence-electron chi connectivity index (χ2n) is 4.52. The summed E-state index contributed by atoms with van der Waals surface area (Å²) in [7, 11) is 0. The molecular weight excluding hydrogens is 418 g/mol. The predicted molar refractivity (Wildman–Crippen MR) is 102 cm³/mol. The van der Waals surface area contributed by atoms with Gasteiger partial charge in [0, 0.05) is 10.0 Å². The Balaban J connectivity index is 1.69. The minimum absolute atomic E-state index is 0.188. The third-order valence-corrected chi connectivity index (χ3v) is 4.90. The molecule has 8 heteroatoms. The third kappa shape index (κ3) is 3.87. The largest absolute Gasteiger partial charge is 0.308 e. The fourth-order valence-electron chi connectivity index (χ4n) is 1.87. The average Bonchev–Trinajstić information content (AvgIpc) is 2.91. The van der Waals surface area contributed by atoms with Gasteiger partial charge in [-0.3, -0.25) is 10.1 Å². The quantitative estimate of drug-likeness (QED) is 0.576. The van der Waals surface area contributed by atoms with Gasteiger partial charge in [0.25, 0.3) is 5.91 Å². The van der Waals surface area contributed by atoms with E-state index in [0.717, 1.165) is 9.17 Å². The summed E-state index contributed by atoms with van der Waals surface area (Å²) in [6.07, 6.45) is 0. The molecule has 0 fully saturated rings. The zero-order valence-electron chi connectivity index (χ0n) is 11.5. The summed E-state index contributed by atoms with van der Waals surface area (Å²) in [5.74, 6) is -0.283. The lowest BCUT2D eigenvalue weighted by Crippen LogP contribution is -2.34. The van der Waals surface area contributed by atoms with E-state index in [9.17, 15) is 4.79 Å². The Morgan fingerprint density at radius 3 is 2.65 bits per heavy atom. The number of hydrogen-bond donors (Lipinski definition) is 2. The molecular formula is C15H9BrClN3OS2. The Morgan fingerprint density at radius 2 is 1.96 bits per heavy atom. The molecule has 2 N–H and O–H groups in total. The highest BCUT2D eigenvalue weighted by molar-refractivity contribution is 9.10. The van der Waals surface area contributed by atoms with Crippen molar-refractivity contribution in [1.82, 2.24) is 10.3 Å². The highest BCUT2D eigenvalue weighted by atomic mass is 79.9. The maximum atomic E-state index is 12.1. The number of fused-ring (bicyclic) bond motifs is 1. The van der Waals surface area contributed by atoms with E-state index in [2.05, 4.69) is 31.5 Å². The first-order valence-electron chi connectivity index (χ1n) is 6.46. The highest BCUT2D eigenvalue weighted by Gasteiger charge is 2.11. The lowest BCUT2D eigenvalue weighted by molar-refractivity contribution is 0.0977. The van der Waals surface area contributed by atoms with Crippen LogP contribution in [-0.4, -0.2) is 16.0 Å². The number of halogens is 2. The molecule has 3 aromatic rings. The van der Waals surface area contributed by atoms with E-state index >= 15 is 0 Å². The lowest BCUT2D eigenvalue weighted by atomic mass is 10.2. The molecule has 0 atom stereocenters. The summed E-state index contributed by atoms with van der Waals surface area (Å²) >= 11 is 16.0. The van der Waals surface area contributed by atoms with Crippen molar-refractivity contribution in [3.05, 3.63) is 57.5 Å². The first-order chi connectivity index (χ1) is 11.0. The van der Waals surface area contributed by atoms with Crippen molar-refractivity contribution in [3.8, 4) is 0 Å². The minimum atomic E-state index is -0.283. The van der Waals surface area contributed by atoms with E-state index in [-0.39, 0.29) is 11.0 Å². The number of nitrogens with zero attached hydrogens (tertiary/aromatic N) is 1. The van der Waals surface area contributed by atoms with Gasteiger partial charge in [0.15, 0.2) is 10.2 Å². The number of carbonyl (C=O) groups excluding carboxylic acids is 1. The molecule has 2 aromatic carbocycles. The molecule has 0 radical (unpaired) electrons. The van der Waals surface area contributed by atoms with Gasteiger partial charge in [-0.05, 0) is 48.6 Å². The van der Waals surface area contributed by atoms with Gasteiger partial charge >= 0.3 is 0 Å². The van der Waals surface area contributed by atoms with Crippen molar-refractivity contribution in [3.63, 3.8) is 0 Å². The van der Waals surface area contributed by atoms with Crippen LogP contribution in [0.2, 0.25) is 5.02 Å². The molecule has 0 spiro atoms. The van der Waals surface area contributed by atoms with E-state index in [1.165, 1.54) is 11.3 Å². The van der Waals surface area contributed by atoms with Crippen LogP contribution in [0.3, 0.4) is 0 Å². The van der Waals surface area contributed by atoms with E-state index in [1.807, 2.05) is 12.1 Å². The second-order valence-corrected chi connectivity index (χ2v) is 7.28. The smallest absolute Gasteiger partial charge is 0.257 e. The zero-order chi connectivity index (χ0) is 16.4. The Kier molecular flexibility index (Phi) is 4.91. The maximum Gasteiger partial charge on any atom is 0.257 e. The van der Waals surface area contributed by atoms with E-state index in [4.69, 9.17) is 23.8 Å².